The van der Waals surface area contributed by atoms with Gasteiger partial charge in [0.05, 0.1) is 22.6 Å². The molecule has 0 aromatic heterocycles. The Morgan fingerprint density at radius 1 is 2.17 bits per heavy atom. The molecule has 6 heavy (non-hydrogen) atoms. The minimum atomic E-state index is -1.14. The Labute approximate surface area is 45.2 Å². The minimum absolute atomic E-state index is 0.133. The normalized spacial score (nSPS) is 48.0. The van der Waals surface area contributed by atoms with Gasteiger partial charge in [0, 0.05) is 12.4 Å². The van der Waals surface area contributed by atoms with Crippen molar-refractivity contribution in [2.24, 2.45) is 0 Å². The minimum Gasteiger partial charge on any atom is -0.0411 e. The number of hydrogen-bond acceptors (Lipinski definition) is 0. The van der Waals surface area contributed by atoms with E-state index in [9.17, 15) is 0 Å². The summed E-state index contributed by atoms with van der Waals surface area (Å²) in [7, 11) is 0. The first-order valence-corrected chi connectivity index (χ1v) is 1.65. The molecule has 0 bridgehead atoms. The third kappa shape index (κ3) is 0.646. The van der Waals surface area contributed by atoms with E-state index in [1.165, 1.54) is 0 Å². The van der Waals surface area contributed by atoms with Crippen molar-refractivity contribution in [2.45, 2.75) is 6.40 Å². The molecule has 0 nitrogen and oxygen atoms in total. The van der Waals surface area contributed by atoms with Crippen LogP contribution in [0.3, 0.4) is 0 Å². The quantitative estimate of drug-likeness (QED) is 0.392. The van der Waals surface area contributed by atoms with E-state index in [1.54, 1.807) is 0 Å². The summed E-state index contributed by atoms with van der Waals surface area (Å²) in [4.78, 5) is 0. The van der Waals surface area contributed by atoms with Gasteiger partial charge in [-0.1, -0.05) is 0 Å². The molecule has 1 aliphatic carbocycles. The van der Waals surface area contributed by atoms with Crippen molar-refractivity contribution in [1.82, 2.24) is 0 Å². The molecule has 0 saturated carbocycles. The number of hydrogen-bond donors (Lipinski definition) is 0. The Morgan fingerprint density at radius 2 is 3.17 bits per heavy atom. The third-order valence-electron chi connectivity index (χ3n) is 0.455. The second-order valence-electron chi connectivity index (χ2n) is 0.866. The fraction of sp³-hybridized carbons (Fsp3) is 0.167. The molecule has 0 fully saturated rings. The Hall–Kier alpha value is -0.650. The highest BCUT2D eigenvalue weighted by molar-refractivity contribution is 5.14. The summed E-state index contributed by atoms with van der Waals surface area (Å²) in [6.07, 6.45) is -0.221. The summed E-state index contributed by atoms with van der Waals surface area (Å²) in [6, 6.07) is -0.469. The van der Waals surface area contributed by atoms with Gasteiger partial charge in [0.1, 0.15) is 1.37 Å². The van der Waals surface area contributed by atoms with Crippen LogP contribution in [0.1, 0.15) is 13.3 Å². The van der Waals surface area contributed by atoms with Gasteiger partial charge in [-0.2, -0.15) is 0 Å². The smallest absolute Gasteiger partial charge is 0.0411 e. The Bertz CT molecular complexity index is 229. The molecule has 1 unspecified atom stereocenters. The van der Waals surface area contributed by atoms with E-state index < -0.39 is 6.40 Å². The summed E-state index contributed by atoms with van der Waals surface area (Å²) in [5.74, 6) is 0. The average molecular weight is 84.2 g/mol. The molecule has 0 spiro atoms. The Kier molecular flexibility index (Phi) is 0.269. The fourth-order valence-corrected chi connectivity index (χ4v) is 0.239. The lowest BCUT2D eigenvalue weighted by molar-refractivity contribution is 1.27. The molecular formula is C6H7+. The largest absolute Gasteiger partial charge is 0.192 e. The molecule has 30 valence electrons. The maximum absolute atomic E-state index is 7.19. The van der Waals surface area contributed by atoms with Crippen molar-refractivity contribution in [3.05, 3.63) is 30.6 Å². The van der Waals surface area contributed by atoms with E-state index in [0.717, 1.165) is 6.08 Å². The van der Waals surface area contributed by atoms with Gasteiger partial charge in [-0.15, -0.1) is 0 Å². The van der Waals surface area contributed by atoms with E-state index >= 15 is 0 Å². The second kappa shape index (κ2) is 1.71. The SMILES string of the molecule is [2H]C1=CC([2H])=C([2H])C([2H])[C+]1[2H]. The van der Waals surface area contributed by atoms with Crippen molar-refractivity contribution in [2.75, 3.05) is 0 Å². The van der Waals surface area contributed by atoms with Crippen LogP contribution in [0.25, 0.3) is 0 Å². The van der Waals surface area contributed by atoms with Crippen molar-refractivity contribution in [3.8, 4) is 0 Å². The van der Waals surface area contributed by atoms with Crippen LogP contribution in [0.4, 0.5) is 0 Å². The molecule has 0 amide bonds. The van der Waals surface area contributed by atoms with E-state index in [0.29, 0.717) is 0 Å². The van der Waals surface area contributed by atoms with Crippen LogP contribution in [-0.2, 0) is 0 Å². The van der Waals surface area contributed by atoms with Crippen LogP contribution in [0.5, 0.6) is 0 Å². The highest BCUT2D eigenvalue weighted by atomic mass is 13.8. The zero-order valence-corrected chi connectivity index (χ0v) is 3.15. The lowest BCUT2D eigenvalue weighted by Crippen LogP contribution is -1.69. The lowest BCUT2D eigenvalue weighted by Gasteiger charge is -1.78. The molecule has 0 aromatic rings. The van der Waals surface area contributed by atoms with Crippen LogP contribution < -0.4 is 0 Å². The molecule has 0 aliphatic heterocycles. The van der Waals surface area contributed by atoms with E-state index in [-0.39, 0.29) is 24.6 Å². The van der Waals surface area contributed by atoms with Gasteiger partial charge in [-0.25, -0.2) is 0 Å². The Morgan fingerprint density at radius 3 is 4.17 bits per heavy atom. The predicted molar refractivity (Wildman–Crippen MR) is 27.2 cm³/mol. The molecule has 0 N–H and O–H groups in total. The van der Waals surface area contributed by atoms with Gasteiger partial charge in [0.25, 0.3) is 0 Å². The number of allylic oxidation sites excluding steroid dienone is 4. The van der Waals surface area contributed by atoms with Gasteiger partial charge < -0.3 is 0 Å². The van der Waals surface area contributed by atoms with Gasteiger partial charge >= 0.3 is 0 Å². The molecule has 0 aromatic carbocycles. The first-order chi connectivity index (χ1) is 5.04. The van der Waals surface area contributed by atoms with Crippen LogP contribution in [0.15, 0.2) is 24.2 Å². The maximum atomic E-state index is 7.19. The summed E-state index contributed by atoms with van der Waals surface area (Å²) < 4.78 is 35.7. The zero-order valence-electron chi connectivity index (χ0n) is 8.15. The molecule has 1 rings (SSSR count). The van der Waals surface area contributed by atoms with E-state index in [1.807, 2.05) is 0 Å². The van der Waals surface area contributed by atoms with Crippen LogP contribution in [0.2, 0.25) is 0 Å². The van der Waals surface area contributed by atoms with Gasteiger partial charge in [-0.05, 0) is 6.05 Å². The zero-order chi connectivity index (χ0) is 8.59. The summed E-state index contributed by atoms with van der Waals surface area (Å²) in [6.45, 7) is 0. The van der Waals surface area contributed by atoms with Crippen molar-refractivity contribution < 1.29 is 6.85 Å². The van der Waals surface area contributed by atoms with Crippen molar-refractivity contribution >= 4 is 0 Å². The maximum Gasteiger partial charge on any atom is 0.192 e. The topological polar surface area (TPSA) is 0 Å². The first-order valence-electron chi connectivity index (χ1n) is 4.23. The molecule has 0 saturated heterocycles. The molecule has 1 aliphatic rings. The molecule has 0 radical (unpaired) electrons. The molecule has 1 atom stereocenters. The van der Waals surface area contributed by atoms with Crippen molar-refractivity contribution in [1.29, 1.82) is 0 Å². The third-order valence-corrected chi connectivity index (χ3v) is 0.455. The van der Waals surface area contributed by atoms with Crippen LogP contribution in [0, 0.1) is 6.40 Å². The average Bonchev–Trinajstić information content (AvgIpc) is 1.97. The highest BCUT2D eigenvalue weighted by Crippen LogP contribution is 1.96. The molecule has 0 heteroatoms. The molecular weight excluding hydrogens is 72.1 g/mol. The highest BCUT2D eigenvalue weighted by Gasteiger charge is 1.87. The number of rotatable bonds is 0. The van der Waals surface area contributed by atoms with Gasteiger partial charge in [-0.3, -0.25) is 0 Å². The van der Waals surface area contributed by atoms with Gasteiger partial charge in [0.15, 0.2) is 1.37 Å². The molecule has 0 heterocycles. The predicted octanol–water partition coefficient (Wildman–Crippen LogP) is 1.71. The monoisotopic (exact) mass is 84.1 g/mol. The summed E-state index contributed by atoms with van der Waals surface area (Å²) >= 11 is 0. The van der Waals surface area contributed by atoms with E-state index in [2.05, 4.69) is 0 Å². The fourth-order valence-electron chi connectivity index (χ4n) is 0.239. The summed E-state index contributed by atoms with van der Waals surface area (Å²) in [5, 5.41) is 0. The van der Waals surface area contributed by atoms with Crippen LogP contribution >= 0.6 is 0 Å². The van der Waals surface area contributed by atoms with Gasteiger partial charge in [0.2, 0.25) is 0 Å². The standard InChI is InChI=1S/C6H7/c1-2-4-6-5-3-1/h1-5H,6H2/q+1/i2D,3D,4D,5D,6D. The van der Waals surface area contributed by atoms with E-state index in [4.69, 9.17) is 6.85 Å². The first kappa shape index (κ1) is 0.945. The Balaban J connectivity index is 3.01. The van der Waals surface area contributed by atoms with Crippen LogP contribution in [-0.4, -0.2) is 0 Å². The lowest BCUT2D eigenvalue weighted by atomic mass is 10.2. The second-order valence-corrected chi connectivity index (χ2v) is 0.866. The summed E-state index contributed by atoms with van der Waals surface area (Å²) in [5.41, 5.74) is 0. The van der Waals surface area contributed by atoms with Crippen molar-refractivity contribution in [3.63, 3.8) is 0 Å².